The number of piperazine rings is 1. The predicted molar refractivity (Wildman–Crippen MR) is 115 cm³/mol. The molecule has 0 saturated carbocycles. The molecule has 0 radical (unpaired) electrons. The van der Waals surface area contributed by atoms with Crippen LogP contribution in [-0.4, -0.2) is 49.0 Å². The Morgan fingerprint density at radius 1 is 1.19 bits per heavy atom. The highest BCUT2D eigenvalue weighted by Crippen LogP contribution is 2.37. The Morgan fingerprint density at radius 2 is 2.06 bits per heavy atom. The molecule has 1 fully saturated rings. The first-order valence-electron chi connectivity index (χ1n) is 10.2. The number of amides is 2. The second-order valence-electron chi connectivity index (χ2n) is 7.60. The number of urea groups is 1. The van der Waals surface area contributed by atoms with Crippen LogP contribution in [0.4, 0.5) is 10.5 Å². The number of fused-ring (bicyclic) bond motifs is 1. The van der Waals surface area contributed by atoms with E-state index in [4.69, 9.17) is 9.47 Å². The van der Waals surface area contributed by atoms with Crippen molar-refractivity contribution in [3.05, 3.63) is 71.4 Å². The number of hydrogen-bond donors (Lipinski definition) is 2. The van der Waals surface area contributed by atoms with Crippen molar-refractivity contribution < 1.29 is 19.1 Å². The Balaban J connectivity index is 1.44. The monoisotopic (exact) mass is 418 g/mol. The predicted octanol–water partition coefficient (Wildman–Crippen LogP) is 2.64. The van der Waals surface area contributed by atoms with Gasteiger partial charge >= 0.3 is 12.0 Å². The van der Waals surface area contributed by atoms with Gasteiger partial charge in [-0.3, -0.25) is 0 Å². The van der Waals surface area contributed by atoms with Crippen LogP contribution in [0.3, 0.4) is 0 Å². The maximum Gasteiger partial charge on any atom is 0.363 e. The summed E-state index contributed by atoms with van der Waals surface area (Å²) in [4.78, 5) is 30.8. The Morgan fingerprint density at radius 3 is 2.87 bits per heavy atom. The lowest BCUT2D eigenvalue weighted by Crippen LogP contribution is -2.54. The highest BCUT2D eigenvalue weighted by atomic mass is 16.5. The molecule has 0 spiro atoms. The zero-order valence-electron chi connectivity index (χ0n) is 16.8. The zero-order valence-corrected chi connectivity index (χ0v) is 16.8. The van der Waals surface area contributed by atoms with Crippen molar-refractivity contribution in [1.82, 2.24) is 10.2 Å². The number of aliphatic imine (C=N–C) groups is 1. The average Bonchev–Trinajstić information content (AvgIpc) is 3.43. The molecule has 2 aromatic rings. The van der Waals surface area contributed by atoms with Crippen molar-refractivity contribution in [2.24, 2.45) is 4.99 Å². The van der Waals surface area contributed by atoms with Crippen molar-refractivity contribution in [2.75, 3.05) is 25.0 Å². The maximum absolute atomic E-state index is 13.3. The third-order valence-electron chi connectivity index (χ3n) is 5.65. The van der Waals surface area contributed by atoms with Crippen LogP contribution in [0.5, 0.6) is 5.75 Å². The van der Waals surface area contributed by atoms with Crippen LogP contribution >= 0.6 is 0 Å². The molecule has 0 bridgehead atoms. The molecule has 2 amide bonds. The van der Waals surface area contributed by atoms with Crippen LogP contribution in [0.2, 0.25) is 0 Å². The van der Waals surface area contributed by atoms with E-state index in [1.807, 2.05) is 42.5 Å². The standard InChI is InChI=1S/C23H22N4O4/c28-22-19(25-14-31-22)11-17-13-27(23(29)26-16-6-2-1-3-7-16)20(12-24-17)18-8-4-5-15-9-10-30-21(15)18/h1-8,11,14,17,20,24H,9-10,12-13H2,(H,26,29)/b19-11-. The van der Waals surface area contributed by atoms with Crippen LogP contribution < -0.4 is 15.4 Å². The number of nitrogens with zero attached hydrogens (tertiary/aromatic N) is 2. The van der Waals surface area contributed by atoms with Gasteiger partial charge in [0.2, 0.25) is 0 Å². The van der Waals surface area contributed by atoms with Gasteiger partial charge in [-0.1, -0.05) is 36.4 Å². The molecule has 31 heavy (non-hydrogen) atoms. The summed E-state index contributed by atoms with van der Waals surface area (Å²) in [6, 6.07) is 14.8. The smallest absolute Gasteiger partial charge is 0.363 e. The molecule has 1 saturated heterocycles. The number of cyclic esters (lactones) is 1. The van der Waals surface area contributed by atoms with Crippen LogP contribution in [-0.2, 0) is 16.0 Å². The van der Waals surface area contributed by atoms with Gasteiger partial charge < -0.3 is 25.0 Å². The largest absolute Gasteiger partial charge is 0.493 e. The Kier molecular flexibility index (Phi) is 5.13. The van der Waals surface area contributed by atoms with Crippen molar-refractivity contribution >= 4 is 24.1 Å². The molecule has 2 aromatic carbocycles. The molecule has 3 heterocycles. The molecule has 0 aliphatic carbocycles. The number of carbonyl (C=O) groups is 2. The molecule has 3 aliphatic heterocycles. The summed E-state index contributed by atoms with van der Waals surface area (Å²) < 4.78 is 10.7. The summed E-state index contributed by atoms with van der Waals surface area (Å²) in [5.74, 6) is 0.381. The van der Waals surface area contributed by atoms with Crippen LogP contribution in [0.15, 0.2) is 65.3 Å². The third-order valence-corrected chi connectivity index (χ3v) is 5.65. The number of para-hydroxylation sites is 2. The Hall–Kier alpha value is -3.65. The molecule has 8 nitrogen and oxygen atoms in total. The number of nitrogens with one attached hydrogen (secondary N) is 2. The molecule has 5 rings (SSSR count). The fourth-order valence-electron chi connectivity index (χ4n) is 4.16. The molecule has 2 atom stereocenters. The lowest BCUT2D eigenvalue weighted by Gasteiger charge is -2.40. The van der Waals surface area contributed by atoms with Gasteiger partial charge in [-0.2, -0.15) is 0 Å². The molecule has 8 heteroatoms. The second kappa shape index (κ2) is 8.23. The quantitative estimate of drug-likeness (QED) is 0.591. The fourth-order valence-corrected chi connectivity index (χ4v) is 4.16. The van der Waals surface area contributed by atoms with Gasteiger partial charge in [0, 0.05) is 36.8 Å². The highest BCUT2D eigenvalue weighted by molar-refractivity contribution is 5.98. The first-order valence-corrected chi connectivity index (χ1v) is 10.2. The number of hydrogen-bond acceptors (Lipinski definition) is 6. The first kappa shape index (κ1) is 19.3. The number of anilines is 1. The van der Waals surface area contributed by atoms with Gasteiger partial charge in [-0.05, 0) is 23.8 Å². The summed E-state index contributed by atoms with van der Waals surface area (Å²) in [5, 5.41) is 6.40. The molecular weight excluding hydrogens is 396 g/mol. The normalized spacial score (nSPS) is 23.4. The van der Waals surface area contributed by atoms with E-state index < -0.39 is 5.97 Å². The second-order valence-corrected chi connectivity index (χ2v) is 7.60. The molecule has 158 valence electrons. The van der Waals surface area contributed by atoms with E-state index in [9.17, 15) is 9.59 Å². The Bertz CT molecular complexity index is 1070. The summed E-state index contributed by atoms with van der Waals surface area (Å²) in [6.45, 7) is 1.52. The van der Waals surface area contributed by atoms with E-state index in [-0.39, 0.29) is 23.8 Å². The molecule has 0 aromatic heterocycles. The van der Waals surface area contributed by atoms with E-state index in [0.29, 0.717) is 19.7 Å². The van der Waals surface area contributed by atoms with Gasteiger partial charge in [-0.25, -0.2) is 14.6 Å². The van der Waals surface area contributed by atoms with Crippen molar-refractivity contribution in [2.45, 2.75) is 18.5 Å². The minimum absolute atomic E-state index is 0.214. The highest BCUT2D eigenvalue weighted by Gasteiger charge is 2.35. The fraction of sp³-hybridized carbons (Fsp3) is 0.261. The summed E-state index contributed by atoms with van der Waals surface area (Å²) in [6.07, 6.45) is 3.70. The van der Waals surface area contributed by atoms with Crippen LogP contribution in [0, 0.1) is 0 Å². The number of ether oxygens (including phenoxy) is 2. The van der Waals surface area contributed by atoms with E-state index in [1.165, 1.54) is 0 Å². The van der Waals surface area contributed by atoms with Crippen molar-refractivity contribution in [1.29, 1.82) is 0 Å². The molecule has 2 unspecified atom stereocenters. The molecule has 3 aliphatic rings. The SMILES string of the molecule is O=C1OC=N/C1=C\C1CN(C(=O)Nc2ccccc2)C(c2cccc3c2OCC3)CN1. The van der Waals surface area contributed by atoms with E-state index in [2.05, 4.69) is 21.7 Å². The van der Waals surface area contributed by atoms with Gasteiger partial charge in [0.15, 0.2) is 6.40 Å². The van der Waals surface area contributed by atoms with Crippen molar-refractivity contribution in [3.8, 4) is 5.75 Å². The first-order chi connectivity index (χ1) is 15.2. The van der Waals surface area contributed by atoms with E-state index in [1.54, 1.807) is 11.0 Å². The summed E-state index contributed by atoms with van der Waals surface area (Å²) >= 11 is 0. The van der Waals surface area contributed by atoms with E-state index >= 15 is 0 Å². The maximum atomic E-state index is 13.3. The van der Waals surface area contributed by atoms with Gasteiger partial charge in [-0.15, -0.1) is 0 Å². The summed E-state index contributed by atoms with van der Waals surface area (Å²) in [5.41, 5.74) is 3.10. The lowest BCUT2D eigenvalue weighted by atomic mass is 9.97. The van der Waals surface area contributed by atoms with Gasteiger partial charge in [0.1, 0.15) is 11.4 Å². The lowest BCUT2D eigenvalue weighted by molar-refractivity contribution is -0.129. The third kappa shape index (κ3) is 3.89. The van der Waals surface area contributed by atoms with Gasteiger partial charge in [0.05, 0.1) is 12.6 Å². The van der Waals surface area contributed by atoms with E-state index in [0.717, 1.165) is 35.4 Å². The molecular formula is C23H22N4O4. The topological polar surface area (TPSA) is 92.3 Å². The van der Waals surface area contributed by atoms with Crippen molar-refractivity contribution in [3.63, 3.8) is 0 Å². The minimum atomic E-state index is -0.488. The average molecular weight is 418 g/mol. The van der Waals surface area contributed by atoms with Crippen LogP contribution in [0.25, 0.3) is 0 Å². The van der Waals surface area contributed by atoms with Crippen LogP contribution in [0.1, 0.15) is 17.2 Å². The number of rotatable bonds is 3. The number of carbonyl (C=O) groups excluding carboxylic acids is 2. The minimum Gasteiger partial charge on any atom is -0.493 e. The summed E-state index contributed by atoms with van der Waals surface area (Å²) in [7, 11) is 0. The number of benzene rings is 2. The van der Waals surface area contributed by atoms with Gasteiger partial charge in [0.25, 0.3) is 0 Å². The zero-order chi connectivity index (χ0) is 21.2. The number of esters is 1. The Labute approximate surface area is 179 Å². The molecule has 2 N–H and O–H groups in total.